The van der Waals surface area contributed by atoms with E-state index in [1.807, 2.05) is 0 Å². The molecule has 1 atom stereocenters. The van der Waals surface area contributed by atoms with Crippen molar-refractivity contribution in [1.29, 1.82) is 0 Å². The molecule has 1 N–H and O–H groups in total. The van der Waals surface area contributed by atoms with Crippen LogP contribution in [0, 0.1) is 12.7 Å². The average Bonchev–Trinajstić information content (AvgIpc) is 2.33. The van der Waals surface area contributed by atoms with Gasteiger partial charge in [0.15, 0.2) is 0 Å². The molecule has 1 saturated heterocycles. The van der Waals surface area contributed by atoms with Crippen LogP contribution in [0.5, 0.6) is 0 Å². The first-order valence-electron chi connectivity index (χ1n) is 5.92. The zero-order valence-corrected chi connectivity index (χ0v) is 10.7. The van der Waals surface area contributed by atoms with Crippen LogP contribution in [0.4, 0.5) is 4.39 Å². The summed E-state index contributed by atoms with van der Waals surface area (Å²) in [4.78, 5) is 0. The van der Waals surface area contributed by atoms with E-state index in [2.05, 4.69) is 5.32 Å². The van der Waals surface area contributed by atoms with Crippen LogP contribution >= 0.6 is 11.6 Å². The second-order valence-electron chi connectivity index (χ2n) is 4.46. The molecule has 1 aliphatic rings. The Hall–Kier alpha value is -0.640. The quantitative estimate of drug-likeness (QED) is 0.899. The summed E-state index contributed by atoms with van der Waals surface area (Å²) in [5, 5.41) is 4.03. The standard InChI is InChI=1S/C13H17ClFNO/c1-9-6-12(14)10(7-13(9)15)2-3-11-8-17-5-4-16-11/h6-7,11,16H,2-5,8H2,1H3. The van der Waals surface area contributed by atoms with Crippen molar-refractivity contribution < 1.29 is 9.13 Å². The molecule has 1 aliphatic heterocycles. The number of halogens is 2. The predicted molar refractivity (Wildman–Crippen MR) is 67.1 cm³/mol. The molecular formula is C13H17ClFNO. The van der Waals surface area contributed by atoms with Gasteiger partial charge in [0.05, 0.1) is 13.2 Å². The number of rotatable bonds is 3. The number of nitrogens with one attached hydrogen (secondary N) is 1. The summed E-state index contributed by atoms with van der Waals surface area (Å²) in [5.74, 6) is -0.183. The van der Waals surface area contributed by atoms with Crippen LogP contribution in [0.2, 0.25) is 5.02 Å². The summed E-state index contributed by atoms with van der Waals surface area (Å²) in [6, 6.07) is 3.59. The van der Waals surface area contributed by atoms with Crippen LogP contribution in [0.15, 0.2) is 12.1 Å². The molecule has 1 heterocycles. The minimum Gasteiger partial charge on any atom is -0.379 e. The van der Waals surface area contributed by atoms with Gasteiger partial charge in [-0.25, -0.2) is 4.39 Å². The summed E-state index contributed by atoms with van der Waals surface area (Å²) < 4.78 is 18.8. The Balaban J connectivity index is 1.96. The van der Waals surface area contributed by atoms with Gasteiger partial charge < -0.3 is 10.1 Å². The first kappa shape index (κ1) is 12.8. The molecule has 4 heteroatoms. The molecule has 2 nitrogen and oxygen atoms in total. The zero-order chi connectivity index (χ0) is 12.3. The van der Waals surface area contributed by atoms with Crippen molar-refractivity contribution in [2.24, 2.45) is 0 Å². The topological polar surface area (TPSA) is 21.3 Å². The van der Waals surface area contributed by atoms with Gasteiger partial charge in [0, 0.05) is 17.6 Å². The third kappa shape index (κ3) is 3.41. The first-order valence-corrected chi connectivity index (χ1v) is 6.30. The highest BCUT2D eigenvalue weighted by atomic mass is 35.5. The van der Waals surface area contributed by atoms with E-state index in [9.17, 15) is 4.39 Å². The highest BCUT2D eigenvalue weighted by Crippen LogP contribution is 2.22. The van der Waals surface area contributed by atoms with Crippen molar-refractivity contribution in [2.75, 3.05) is 19.8 Å². The van der Waals surface area contributed by atoms with Crippen molar-refractivity contribution in [3.63, 3.8) is 0 Å². The molecule has 1 aromatic carbocycles. The minimum absolute atomic E-state index is 0.183. The molecular weight excluding hydrogens is 241 g/mol. The molecule has 0 amide bonds. The van der Waals surface area contributed by atoms with Crippen LogP contribution in [0.3, 0.4) is 0 Å². The molecule has 0 spiro atoms. The fourth-order valence-corrected chi connectivity index (χ4v) is 2.33. The van der Waals surface area contributed by atoms with Gasteiger partial charge in [0.1, 0.15) is 5.82 Å². The van der Waals surface area contributed by atoms with Gasteiger partial charge >= 0.3 is 0 Å². The maximum atomic E-state index is 13.4. The maximum Gasteiger partial charge on any atom is 0.126 e. The van der Waals surface area contributed by atoms with E-state index in [-0.39, 0.29) is 5.82 Å². The van der Waals surface area contributed by atoms with Crippen LogP contribution in [0.25, 0.3) is 0 Å². The molecule has 0 saturated carbocycles. The molecule has 1 aromatic rings. The van der Waals surface area contributed by atoms with Crippen molar-refractivity contribution in [3.05, 3.63) is 34.1 Å². The van der Waals surface area contributed by atoms with Gasteiger partial charge in [-0.2, -0.15) is 0 Å². The van der Waals surface area contributed by atoms with Gasteiger partial charge in [-0.15, -0.1) is 0 Å². The van der Waals surface area contributed by atoms with Crippen LogP contribution in [-0.4, -0.2) is 25.8 Å². The Morgan fingerprint density at radius 2 is 2.35 bits per heavy atom. The normalized spacial score (nSPS) is 20.5. The Morgan fingerprint density at radius 3 is 3.06 bits per heavy atom. The Kier molecular flexibility index (Phi) is 4.37. The molecule has 1 unspecified atom stereocenters. The highest BCUT2D eigenvalue weighted by molar-refractivity contribution is 6.31. The first-order chi connectivity index (χ1) is 8.16. The van der Waals surface area contributed by atoms with E-state index in [4.69, 9.17) is 16.3 Å². The Labute approximate surface area is 106 Å². The van der Waals surface area contributed by atoms with Crippen molar-refractivity contribution in [2.45, 2.75) is 25.8 Å². The molecule has 0 bridgehead atoms. The van der Waals surface area contributed by atoms with E-state index in [0.717, 1.165) is 38.2 Å². The third-order valence-electron chi connectivity index (χ3n) is 3.09. The zero-order valence-electron chi connectivity index (χ0n) is 9.93. The lowest BCUT2D eigenvalue weighted by Gasteiger charge is -2.23. The number of ether oxygens (including phenoxy) is 1. The van der Waals surface area contributed by atoms with E-state index >= 15 is 0 Å². The average molecular weight is 258 g/mol. The smallest absolute Gasteiger partial charge is 0.126 e. The van der Waals surface area contributed by atoms with Crippen LogP contribution < -0.4 is 5.32 Å². The van der Waals surface area contributed by atoms with Gasteiger partial charge in [0.2, 0.25) is 0 Å². The summed E-state index contributed by atoms with van der Waals surface area (Å²) in [6.07, 6.45) is 1.69. The summed E-state index contributed by atoms with van der Waals surface area (Å²) >= 11 is 6.10. The fraction of sp³-hybridized carbons (Fsp3) is 0.538. The number of hydrogen-bond acceptors (Lipinski definition) is 2. The lowest BCUT2D eigenvalue weighted by Crippen LogP contribution is -2.41. The maximum absolute atomic E-state index is 13.4. The van der Waals surface area contributed by atoms with Crippen LogP contribution in [0.1, 0.15) is 17.5 Å². The largest absolute Gasteiger partial charge is 0.379 e. The number of benzene rings is 1. The highest BCUT2D eigenvalue weighted by Gasteiger charge is 2.14. The SMILES string of the molecule is Cc1cc(Cl)c(CCC2COCCN2)cc1F. The van der Waals surface area contributed by atoms with E-state index in [1.54, 1.807) is 19.1 Å². The van der Waals surface area contributed by atoms with Crippen molar-refractivity contribution in [3.8, 4) is 0 Å². The van der Waals surface area contributed by atoms with Gasteiger partial charge in [-0.3, -0.25) is 0 Å². The summed E-state index contributed by atoms with van der Waals surface area (Å²) in [7, 11) is 0. The van der Waals surface area contributed by atoms with Gasteiger partial charge in [-0.05, 0) is 43.0 Å². The molecule has 2 rings (SSSR count). The monoisotopic (exact) mass is 257 g/mol. The minimum atomic E-state index is -0.183. The molecule has 0 aromatic heterocycles. The third-order valence-corrected chi connectivity index (χ3v) is 3.44. The lowest BCUT2D eigenvalue weighted by molar-refractivity contribution is 0.0743. The summed E-state index contributed by atoms with van der Waals surface area (Å²) in [5.41, 5.74) is 1.47. The van der Waals surface area contributed by atoms with E-state index in [0.29, 0.717) is 16.6 Å². The Morgan fingerprint density at radius 1 is 1.53 bits per heavy atom. The van der Waals surface area contributed by atoms with Crippen molar-refractivity contribution in [1.82, 2.24) is 5.32 Å². The predicted octanol–water partition coefficient (Wildman–Crippen LogP) is 2.71. The number of morpholine rings is 1. The number of hydrogen-bond donors (Lipinski definition) is 1. The summed E-state index contributed by atoms with van der Waals surface area (Å²) in [6.45, 7) is 4.12. The van der Waals surface area contributed by atoms with E-state index < -0.39 is 0 Å². The lowest BCUT2D eigenvalue weighted by atomic mass is 10.0. The van der Waals surface area contributed by atoms with Crippen molar-refractivity contribution >= 4 is 11.6 Å². The molecule has 17 heavy (non-hydrogen) atoms. The molecule has 0 radical (unpaired) electrons. The van der Waals surface area contributed by atoms with Gasteiger partial charge in [0.25, 0.3) is 0 Å². The number of aryl methyl sites for hydroxylation is 2. The fourth-order valence-electron chi connectivity index (χ4n) is 2.01. The molecule has 1 fully saturated rings. The second kappa shape index (κ2) is 5.80. The van der Waals surface area contributed by atoms with Crippen LogP contribution in [-0.2, 0) is 11.2 Å². The molecule has 94 valence electrons. The van der Waals surface area contributed by atoms with Gasteiger partial charge in [-0.1, -0.05) is 11.6 Å². The second-order valence-corrected chi connectivity index (χ2v) is 4.86. The Bertz CT molecular complexity index is 391. The van der Waals surface area contributed by atoms with E-state index in [1.165, 1.54) is 0 Å². The molecule has 0 aliphatic carbocycles.